The Labute approximate surface area is 185 Å². The number of benzene rings is 1. The van der Waals surface area contributed by atoms with Crippen LogP contribution in [0.5, 0.6) is 0 Å². The summed E-state index contributed by atoms with van der Waals surface area (Å²) in [6.45, 7) is 1.68. The highest BCUT2D eigenvalue weighted by molar-refractivity contribution is 5.82. The highest BCUT2D eigenvalue weighted by Gasteiger charge is 2.24. The SMILES string of the molecule is N#Cc1ccccc1Cn1c(N2CCC[C@@H](N)C2)nc2cc(-c3cccnc3)[nH]c2c1=O. The van der Waals surface area contributed by atoms with Crippen LogP contribution in [0.3, 0.4) is 0 Å². The van der Waals surface area contributed by atoms with Crippen LogP contribution in [0.4, 0.5) is 5.95 Å². The molecule has 0 amide bonds. The number of fused-ring (bicyclic) bond motifs is 1. The Balaban J connectivity index is 1.68. The van der Waals surface area contributed by atoms with Crippen molar-refractivity contribution < 1.29 is 0 Å². The number of anilines is 1. The Bertz CT molecular complexity index is 1370. The Kier molecular flexibility index (Phi) is 5.17. The van der Waals surface area contributed by atoms with Crippen molar-refractivity contribution in [3.63, 3.8) is 0 Å². The second-order valence-electron chi connectivity index (χ2n) is 8.11. The van der Waals surface area contributed by atoms with Gasteiger partial charge in [-0.25, -0.2) is 4.98 Å². The lowest BCUT2D eigenvalue weighted by molar-refractivity contribution is 0.492. The first kappa shape index (κ1) is 20.0. The van der Waals surface area contributed by atoms with Gasteiger partial charge >= 0.3 is 0 Å². The summed E-state index contributed by atoms with van der Waals surface area (Å²) in [5.74, 6) is 0.585. The molecule has 5 rings (SSSR count). The number of nitriles is 1. The van der Waals surface area contributed by atoms with Crippen LogP contribution in [0.2, 0.25) is 0 Å². The number of hydrogen-bond donors (Lipinski definition) is 2. The zero-order valence-electron chi connectivity index (χ0n) is 17.5. The van der Waals surface area contributed by atoms with Gasteiger partial charge in [0.1, 0.15) is 5.52 Å². The van der Waals surface area contributed by atoms with Crippen molar-refractivity contribution in [3.8, 4) is 17.3 Å². The molecule has 0 spiro atoms. The molecule has 3 N–H and O–H groups in total. The fourth-order valence-corrected chi connectivity index (χ4v) is 4.28. The van der Waals surface area contributed by atoms with E-state index in [0.717, 1.165) is 36.2 Å². The van der Waals surface area contributed by atoms with Crippen LogP contribution in [0.25, 0.3) is 22.3 Å². The Morgan fingerprint density at radius 3 is 2.91 bits per heavy atom. The number of nitrogens with zero attached hydrogens (tertiary/aromatic N) is 5. The lowest BCUT2D eigenvalue weighted by Crippen LogP contribution is -2.45. The van der Waals surface area contributed by atoms with Crippen molar-refractivity contribution in [1.82, 2.24) is 19.5 Å². The van der Waals surface area contributed by atoms with Gasteiger partial charge in [-0.2, -0.15) is 5.26 Å². The maximum Gasteiger partial charge on any atom is 0.279 e. The molecule has 160 valence electrons. The molecule has 1 atom stereocenters. The number of aromatic nitrogens is 4. The zero-order chi connectivity index (χ0) is 22.1. The largest absolute Gasteiger partial charge is 0.349 e. The minimum Gasteiger partial charge on any atom is -0.349 e. The van der Waals surface area contributed by atoms with Crippen LogP contribution in [-0.4, -0.2) is 38.7 Å². The predicted molar refractivity (Wildman–Crippen MR) is 123 cm³/mol. The Morgan fingerprint density at radius 1 is 1.25 bits per heavy atom. The van der Waals surface area contributed by atoms with E-state index in [9.17, 15) is 10.1 Å². The van der Waals surface area contributed by atoms with E-state index < -0.39 is 0 Å². The van der Waals surface area contributed by atoms with Gasteiger partial charge in [-0.05, 0) is 42.7 Å². The topological polar surface area (TPSA) is 117 Å². The minimum atomic E-state index is -0.174. The normalized spacial score (nSPS) is 16.2. The number of H-pyrrole nitrogens is 1. The number of nitrogens with one attached hydrogen (secondary N) is 1. The van der Waals surface area contributed by atoms with Crippen LogP contribution in [0, 0.1) is 11.3 Å². The first-order valence-corrected chi connectivity index (χ1v) is 10.7. The van der Waals surface area contributed by atoms with Crippen molar-refractivity contribution in [2.45, 2.75) is 25.4 Å². The van der Waals surface area contributed by atoms with Crippen molar-refractivity contribution in [3.05, 3.63) is 76.3 Å². The predicted octanol–water partition coefficient (Wildman–Crippen LogP) is 2.63. The summed E-state index contributed by atoms with van der Waals surface area (Å²) in [6, 6.07) is 15.3. The molecular formula is C24H23N7O. The van der Waals surface area contributed by atoms with E-state index in [1.807, 2.05) is 36.4 Å². The van der Waals surface area contributed by atoms with E-state index >= 15 is 0 Å². The van der Waals surface area contributed by atoms with Gasteiger partial charge in [-0.15, -0.1) is 0 Å². The van der Waals surface area contributed by atoms with E-state index in [2.05, 4.69) is 20.9 Å². The van der Waals surface area contributed by atoms with Crippen molar-refractivity contribution in [2.24, 2.45) is 5.73 Å². The second-order valence-corrected chi connectivity index (χ2v) is 8.11. The second kappa shape index (κ2) is 8.29. The van der Waals surface area contributed by atoms with Gasteiger partial charge in [-0.1, -0.05) is 18.2 Å². The average Bonchev–Trinajstić information content (AvgIpc) is 3.26. The summed E-state index contributed by atoms with van der Waals surface area (Å²) in [4.78, 5) is 28.0. The molecular weight excluding hydrogens is 402 g/mol. The van der Waals surface area contributed by atoms with E-state index in [1.54, 1.807) is 23.0 Å². The molecule has 1 aliphatic heterocycles. The number of nitrogens with two attached hydrogens (primary N) is 1. The summed E-state index contributed by atoms with van der Waals surface area (Å²) < 4.78 is 1.65. The molecule has 0 saturated carbocycles. The summed E-state index contributed by atoms with van der Waals surface area (Å²) in [5, 5.41) is 9.53. The fourth-order valence-electron chi connectivity index (χ4n) is 4.28. The van der Waals surface area contributed by atoms with Crippen LogP contribution in [0.1, 0.15) is 24.0 Å². The molecule has 32 heavy (non-hydrogen) atoms. The fraction of sp³-hybridized carbons (Fsp3) is 0.250. The molecule has 3 aromatic heterocycles. The molecule has 1 fully saturated rings. The van der Waals surface area contributed by atoms with Gasteiger partial charge < -0.3 is 15.6 Å². The van der Waals surface area contributed by atoms with Crippen molar-refractivity contribution in [1.29, 1.82) is 5.26 Å². The molecule has 0 aliphatic carbocycles. The Hall–Kier alpha value is -3.96. The summed E-state index contributed by atoms with van der Waals surface area (Å²) in [7, 11) is 0. The molecule has 0 radical (unpaired) electrons. The van der Waals surface area contributed by atoms with Gasteiger partial charge in [-0.3, -0.25) is 14.3 Å². The first-order valence-electron chi connectivity index (χ1n) is 10.7. The average molecular weight is 425 g/mol. The highest BCUT2D eigenvalue weighted by Crippen LogP contribution is 2.25. The highest BCUT2D eigenvalue weighted by atomic mass is 16.1. The number of piperidine rings is 1. The summed E-state index contributed by atoms with van der Waals surface area (Å²) >= 11 is 0. The third-order valence-electron chi connectivity index (χ3n) is 5.90. The number of pyridine rings is 1. The number of rotatable bonds is 4. The number of aromatic amines is 1. The van der Waals surface area contributed by atoms with E-state index in [1.165, 1.54) is 0 Å². The minimum absolute atomic E-state index is 0.0355. The monoisotopic (exact) mass is 425 g/mol. The zero-order valence-corrected chi connectivity index (χ0v) is 17.5. The third kappa shape index (κ3) is 3.63. The van der Waals surface area contributed by atoms with E-state index in [0.29, 0.717) is 29.1 Å². The van der Waals surface area contributed by atoms with Crippen LogP contribution >= 0.6 is 0 Å². The molecule has 4 heterocycles. The smallest absolute Gasteiger partial charge is 0.279 e. The molecule has 1 saturated heterocycles. The van der Waals surface area contributed by atoms with Crippen molar-refractivity contribution in [2.75, 3.05) is 18.0 Å². The molecule has 0 unspecified atom stereocenters. The summed E-state index contributed by atoms with van der Waals surface area (Å²) in [6.07, 6.45) is 5.35. The lowest BCUT2D eigenvalue weighted by Gasteiger charge is -2.33. The lowest BCUT2D eigenvalue weighted by atomic mass is 10.1. The van der Waals surface area contributed by atoms with Gasteiger partial charge in [0.25, 0.3) is 5.56 Å². The van der Waals surface area contributed by atoms with Crippen molar-refractivity contribution >= 4 is 17.0 Å². The third-order valence-corrected chi connectivity index (χ3v) is 5.90. The van der Waals surface area contributed by atoms with Gasteiger partial charge in [0.2, 0.25) is 5.95 Å². The Morgan fingerprint density at radius 2 is 2.12 bits per heavy atom. The molecule has 1 aliphatic rings. The van der Waals surface area contributed by atoms with Gasteiger partial charge in [0, 0.05) is 42.8 Å². The first-order chi connectivity index (χ1) is 15.6. The van der Waals surface area contributed by atoms with Gasteiger partial charge in [0.05, 0.1) is 23.7 Å². The standard InChI is InChI=1S/C24H23N7O/c25-12-16-5-1-2-6-18(16)14-31-23(32)22-21(11-20(28-22)17-7-3-9-27-13-17)29-24(31)30-10-4-8-19(26)15-30/h1-3,5-7,9,11,13,19,28H,4,8,10,14-15,26H2/t19-/m1/s1. The number of hydrogen-bond acceptors (Lipinski definition) is 6. The maximum atomic E-state index is 13.7. The van der Waals surface area contributed by atoms with Crippen LogP contribution in [-0.2, 0) is 6.54 Å². The van der Waals surface area contributed by atoms with Gasteiger partial charge in [0.15, 0.2) is 0 Å². The van der Waals surface area contributed by atoms with Crippen LogP contribution < -0.4 is 16.2 Å². The molecule has 4 aromatic rings. The molecule has 1 aromatic carbocycles. The van der Waals surface area contributed by atoms with E-state index in [-0.39, 0.29) is 18.1 Å². The summed E-state index contributed by atoms with van der Waals surface area (Å²) in [5.41, 5.74) is 10.1. The van der Waals surface area contributed by atoms with Crippen LogP contribution in [0.15, 0.2) is 59.7 Å². The quantitative estimate of drug-likeness (QED) is 0.519. The maximum absolute atomic E-state index is 13.7. The van der Waals surface area contributed by atoms with E-state index in [4.69, 9.17) is 10.7 Å². The molecule has 8 heteroatoms. The molecule has 8 nitrogen and oxygen atoms in total. The molecule has 0 bridgehead atoms.